The number of Topliss-reactive ketones (excluding diaryl/α,β-unsaturated/α-hetero) is 1. The highest BCUT2D eigenvalue weighted by molar-refractivity contribution is 5.85. The molecule has 36 heavy (non-hydrogen) atoms. The fourth-order valence-electron chi connectivity index (χ4n) is 4.10. The highest BCUT2D eigenvalue weighted by atomic mass is 19.4. The average Bonchev–Trinajstić information content (AvgIpc) is 2.80. The summed E-state index contributed by atoms with van der Waals surface area (Å²) >= 11 is 0. The molecule has 0 saturated heterocycles. The van der Waals surface area contributed by atoms with E-state index in [1.165, 1.54) is 31.2 Å². The van der Waals surface area contributed by atoms with Gasteiger partial charge in [0.1, 0.15) is 5.78 Å². The average molecular weight is 508 g/mol. The lowest BCUT2D eigenvalue weighted by Crippen LogP contribution is -2.15. The standard InChI is InChI=1S/C28H27F6NO/c1-17(2)12-26(18(3)36)21-13-20(19-8-10-22(11-9-19)27(29,30)31)14-25(15-21)35(4)24-7-5-6-23(16-24)28(32,33)34/h5-11,13-17,26H,12H2,1-4H3. The summed E-state index contributed by atoms with van der Waals surface area (Å²) in [5.74, 6) is -0.340. The topological polar surface area (TPSA) is 20.3 Å². The summed E-state index contributed by atoms with van der Waals surface area (Å²) in [5, 5.41) is 0. The van der Waals surface area contributed by atoms with E-state index in [-0.39, 0.29) is 17.4 Å². The van der Waals surface area contributed by atoms with Crippen LogP contribution < -0.4 is 4.90 Å². The Labute approximate surface area is 206 Å². The summed E-state index contributed by atoms with van der Waals surface area (Å²) < 4.78 is 79.0. The number of ketones is 1. The van der Waals surface area contributed by atoms with E-state index in [1.807, 2.05) is 13.8 Å². The second-order valence-electron chi connectivity index (χ2n) is 9.29. The van der Waals surface area contributed by atoms with Crippen LogP contribution in [0.2, 0.25) is 0 Å². The molecule has 0 aromatic heterocycles. The number of nitrogens with zero attached hydrogens (tertiary/aromatic N) is 1. The van der Waals surface area contributed by atoms with Gasteiger partial charge in [0.25, 0.3) is 0 Å². The molecule has 1 atom stereocenters. The molecule has 0 radical (unpaired) electrons. The van der Waals surface area contributed by atoms with Gasteiger partial charge in [0.15, 0.2) is 0 Å². The minimum atomic E-state index is -4.51. The molecule has 2 nitrogen and oxygen atoms in total. The second-order valence-corrected chi connectivity index (χ2v) is 9.29. The van der Waals surface area contributed by atoms with Gasteiger partial charge in [-0.05, 0) is 78.4 Å². The van der Waals surface area contributed by atoms with Crippen molar-refractivity contribution in [1.29, 1.82) is 0 Å². The van der Waals surface area contributed by atoms with E-state index < -0.39 is 29.4 Å². The number of hydrogen-bond donors (Lipinski definition) is 0. The van der Waals surface area contributed by atoms with E-state index >= 15 is 0 Å². The Morgan fingerprint density at radius 1 is 0.778 bits per heavy atom. The molecule has 0 amide bonds. The molecule has 3 aromatic carbocycles. The largest absolute Gasteiger partial charge is 0.416 e. The monoisotopic (exact) mass is 507 g/mol. The number of anilines is 2. The van der Waals surface area contributed by atoms with Crippen molar-refractivity contribution in [1.82, 2.24) is 0 Å². The first-order valence-electron chi connectivity index (χ1n) is 11.4. The molecule has 0 aliphatic heterocycles. The van der Waals surface area contributed by atoms with Crippen LogP contribution in [0.4, 0.5) is 37.7 Å². The van der Waals surface area contributed by atoms with Crippen molar-refractivity contribution >= 4 is 17.2 Å². The van der Waals surface area contributed by atoms with Gasteiger partial charge in [-0.3, -0.25) is 4.79 Å². The van der Waals surface area contributed by atoms with Crippen LogP contribution in [0.15, 0.2) is 66.7 Å². The maximum Gasteiger partial charge on any atom is 0.416 e. The Hall–Kier alpha value is -3.29. The van der Waals surface area contributed by atoms with Crippen molar-refractivity contribution < 1.29 is 31.1 Å². The van der Waals surface area contributed by atoms with Crippen molar-refractivity contribution in [3.8, 4) is 11.1 Å². The number of carbonyl (C=O) groups excluding carboxylic acids is 1. The molecule has 3 rings (SSSR count). The zero-order valence-electron chi connectivity index (χ0n) is 20.3. The highest BCUT2D eigenvalue weighted by Crippen LogP contribution is 2.38. The predicted molar refractivity (Wildman–Crippen MR) is 129 cm³/mol. The normalized spacial score (nSPS) is 13.1. The van der Waals surface area contributed by atoms with Crippen molar-refractivity contribution in [3.63, 3.8) is 0 Å². The van der Waals surface area contributed by atoms with Crippen molar-refractivity contribution in [3.05, 3.63) is 83.4 Å². The van der Waals surface area contributed by atoms with Gasteiger partial charge in [-0.25, -0.2) is 0 Å². The Kier molecular flexibility index (Phi) is 7.86. The van der Waals surface area contributed by atoms with E-state index in [0.717, 1.165) is 24.3 Å². The van der Waals surface area contributed by atoms with E-state index in [2.05, 4.69) is 0 Å². The molecule has 0 N–H and O–H groups in total. The first kappa shape index (κ1) is 27.3. The first-order chi connectivity index (χ1) is 16.7. The number of alkyl halides is 6. The lowest BCUT2D eigenvalue weighted by atomic mass is 9.85. The van der Waals surface area contributed by atoms with Gasteiger partial charge in [-0.15, -0.1) is 0 Å². The molecular formula is C28H27F6NO. The summed E-state index contributed by atoms with van der Waals surface area (Å²) in [5.41, 5.74) is 0.917. The molecule has 8 heteroatoms. The fourth-order valence-corrected chi connectivity index (χ4v) is 4.10. The SMILES string of the molecule is CC(=O)C(CC(C)C)c1cc(-c2ccc(C(F)(F)F)cc2)cc(N(C)c2cccc(C(F)(F)F)c2)c1. The van der Waals surface area contributed by atoms with Crippen LogP contribution in [0, 0.1) is 5.92 Å². The smallest absolute Gasteiger partial charge is 0.345 e. The van der Waals surface area contributed by atoms with Gasteiger partial charge in [-0.1, -0.05) is 38.1 Å². The zero-order valence-corrected chi connectivity index (χ0v) is 20.3. The Morgan fingerprint density at radius 3 is 1.92 bits per heavy atom. The summed E-state index contributed by atoms with van der Waals surface area (Å²) in [6.07, 6.45) is -8.44. The van der Waals surface area contributed by atoms with Crippen LogP contribution >= 0.6 is 0 Å². The van der Waals surface area contributed by atoms with Gasteiger partial charge >= 0.3 is 12.4 Å². The quantitative estimate of drug-likeness (QED) is 0.298. The van der Waals surface area contributed by atoms with Crippen LogP contribution in [-0.2, 0) is 17.1 Å². The van der Waals surface area contributed by atoms with E-state index in [0.29, 0.717) is 28.8 Å². The third kappa shape index (κ3) is 6.47. The van der Waals surface area contributed by atoms with Gasteiger partial charge in [-0.2, -0.15) is 26.3 Å². The Bertz CT molecular complexity index is 1210. The lowest BCUT2D eigenvalue weighted by Gasteiger charge is -2.25. The predicted octanol–water partition coefficient (Wildman–Crippen LogP) is 8.88. The van der Waals surface area contributed by atoms with Crippen LogP contribution in [0.25, 0.3) is 11.1 Å². The van der Waals surface area contributed by atoms with Crippen LogP contribution in [0.3, 0.4) is 0 Å². The van der Waals surface area contributed by atoms with E-state index in [4.69, 9.17) is 0 Å². The summed E-state index contributed by atoms with van der Waals surface area (Å²) in [6.45, 7) is 5.44. The molecule has 192 valence electrons. The molecule has 3 aromatic rings. The highest BCUT2D eigenvalue weighted by Gasteiger charge is 2.31. The van der Waals surface area contributed by atoms with Gasteiger partial charge in [0.2, 0.25) is 0 Å². The van der Waals surface area contributed by atoms with Crippen LogP contribution in [-0.4, -0.2) is 12.8 Å². The summed E-state index contributed by atoms with van der Waals surface area (Å²) in [7, 11) is 1.61. The Balaban J connectivity index is 2.15. The van der Waals surface area contributed by atoms with Crippen LogP contribution in [0.1, 0.15) is 49.8 Å². The zero-order chi connectivity index (χ0) is 26.8. The number of rotatable bonds is 7. The molecule has 0 aliphatic rings. The lowest BCUT2D eigenvalue weighted by molar-refractivity contribution is -0.138. The van der Waals surface area contributed by atoms with Gasteiger partial charge in [0, 0.05) is 24.3 Å². The van der Waals surface area contributed by atoms with Crippen molar-refractivity contribution in [2.45, 2.75) is 45.5 Å². The van der Waals surface area contributed by atoms with E-state index in [9.17, 15) is 31.1 Å². The minimum absolute atomic E-state index is 0.0686. The summed E-state index contributed by atoms with van der Waals surface area (Å²) in [6, 6.07) is 14.7. The molecular weight excluding hydrogens is 480 g/mol. The number of carbonyl (C=O) groups is 1. The Morgan fingerprint density at radius 2 is 1.39 bits per heavy atom. The second kappa shape index (κ2) is 10.4. The maximum absolute atomic E-state index is 13.3. The van der Waals surface area contributed by atoms with Crippen LogP contribution in [0.5, 0.6) is 0 Å². The molecule has 0 heterocycles. The number of benzene rings is 3. The number of hydrogen-bond acceptors (Lipinski definition) is 2. The molecule has 1 unspecified atom stereocenters. The van der Waals surface area contributed by atoms with Crippen molar-refractivity contribution in [2.75, 3.05) is 11.9 Å². The van der Waals surface area contributed by atoms with Gasteiger partial charge in [0.05, 0.1) is 11.1 Å². The number of halogens is 6. The molecule has 0 aliphatic carbocycles. The van der Waals surface area contributed by atoms with Crippen molar-refractivity contribution in [2.24, 2.45) is 5.92 Å². The molecule has 0 fully saturated rings. The minimum Gasteiger partial charge on any atom is -0.345 e. The van der Waals surface area contributed by atoms with Gasteiger partial charge < -0.3 is 4.90 Å². The molecule has 0 bridgehead atoms. The molecule has 0 spiro atoms. The third-order valence-electron chi connectivity index (χ3n) is 6.03. The fraction of sp³-hybridized carbons (Fsp3) is 0.321. The molecule has 0 saturated carbocycles. The first-order valence-corrected chi connectivity index (χ1v) is 11.4. The maximum atomic E-state index is 13.3. The van der Waals surface area contributed by atoms with E-state index in [1.54, 1.807) is 30.1 Å². The third-order valence-corrected chi connectivity index (χ3v) is 6.03. The summed E-state index contributed by atoms with van der Waals surface area (Å²) in [4.78, 5) is 14.1.